The van der Waals surface area contributed by atoms with Crippen molar-refractivity contribution in [1.29, 1.82) is 0 Å². The average molecular weight is 410 g/mol. The van der Waals surface area contributed by atoms with Crippen molar-refractivity contribution in [2.75, 3.05) is 14.2 Å². The maximum absolute atomic E-state index is 11.7. The van der Waals surface area contributed by atoms with Gasteiger partial charge in [-0.25, -0.2) is 9.75 Å². The Morgan fingerprint density at radius 1 is 1.18 bits per heavy atom. The predicted octanol–water partition coefficient (Wildman–Crippen LogP) is 3.33. The number of nitrogens with zero attached hydrogens (tertiary/aromatic N) is 3. The van der Waals surface area contributed by atoms with E-state index in [2.05, 4.69) is 5.10 Å². The van der Waals surface area contributed by atoms with Gasteiger partial charge < -0.3 is 4.74 Å². The zero-order chi connectivity index (χ0) is 19.4. The first-order chi connectivity index (χ1) is 13.0. The van der Waals surface area contributed by atoms with Crippen LogP contribution in [0.4, 0.5) is 0 Å². The average Bonchev–Trinajstić information content (AvgIpc) is 3.11. The van der Waals surface area contributed by atoms with E-state index in [0.29, 0.717) is 16.5 Å². The van der Waals surface area contributed by atoms with Crippen LogP contribution in [0, 0.1) is 0 Å². The molecule has 0 aliphatic heterocycles. The van der Waals surface area contributed by atoms with Crippen molar-refractivity contribution >= 4 is 47.1 Å². The molecule has 0 aliphatic rings. The van der Waals surface area contributed by atoms with Gasteiger partial charge in [-0.3, -0.25) is 10.0 Å². The number of halogens is 1. The van der Waals surface area contributed by atoms with Crippen molar-refractivity contribution in [2.24, 2.45) is 0 Å². The number of aryl methyl sites for hydroxylation is 1. The van der Waals surface area contributed by atoms with Crippen molar-refractivity contribution in [3.8, 4) is 22.7 Å². The Bertz CT molecular complexity index is 925. The molecule has 1 amide bonds. The van der Waals surface area contributed by atoms with Crippen LogP contribution in [0.15, 0.2) is 54.6 Å². The van der Waals surface area contributed by atoms with Crippen LogP contribution in [0.3, 0.4) is 0 Å². The van der Waals surface area contributed by atoms with Gasteiger partial charge >= 0.3 is 29.6 Å². The Morgan fingerprint density at radius 2 is 1.82 bits per heavy atom. The predicted molar refractivity (Wildman–Crippen MR) is 111 cm³/mol. The first-order valence-electron chi connectivity index (χ1n) is 8.42. The van der Waals surface area contributed by atoms with Crippen molar-refractivity contribution in [1.82, 2.24) is 14.8 Å². The molecular formula is C20H21ClN3NaO3. The standard InChI is InChI=1S/C20H20ClN3O3.Na.H/c1-23(26)20(25)12-7-16-13-19(14-3-5-15(21)6-4-14)24(22-16)17-8-10-18(27-2)11-9-17;;/h3-6,8-11,13,26H,7,12H2,1-2H3;;. The number of hydrogen-bond donors (Lipinski definition) is 1. The number of methoxy groups -OCH3 is 1. The number of carbonyl (C=O) groups is 1. The number of rotatable bonds is 6. The van der Waals surface area contributed by atoms with Crippen molar-refractivity contribution < 1.29 is 14.7 Å². The summed E-state index contributed by atoms with van der Waals surface area (Å²) >= 11 is 6.01. The first kappa shape index (κ1) is 22.5. The third kappa shape index (κ3) is 5.37. The van der Waals surface area contributed by atoms with Crippen LogP contribution in [0.25, 0.3) is 16.9 Å². The molecule has 8 heteroatoms. The molecule has 3 rings (SSSR count). The normalized spacial score (nSPS) is 10.3. The van der Waals surface area contributed by atoms with Crippen molar-refractivity contribution in [3.05, 3.63) is 65.3 Å². The summed E-state index contributed by atoms with van der Waals surface area (Å²) in [7, 11) is 2.94. The summed E-state index contributed by atoms with van der Waals surface area (Å²) in [5.41, 5.74) is 3.47. The van der Waals surface area contributed by atoms with Gasteiger partial charge in [0.05, 0.1) is 24.2 Å². The second-order valence-corrected chi connectivity index (χ2v) is 6.49. The van der Waals surface area contributed by atoms with Gasteiger partial charge in [0, 0.05) is 30.5 Å². The summed E-state index contributed by atoms with van der Waals surface area (Å²) in [5, 5.41) is 15.1. The Balaban J connectivity index is 0.00000280. The monoisotopic (exact) mass is 409 g/mol. The van der Waals surface area contributed by atoms with Crippen LogP contribution in [0.5, 0.6) is 5.75 Å². The molecule has 1 N–H and O–H groups in total. The van der Waals surface area contributed by atoms with Gasteiger partial charge in [0.25, 0.3) is 0 Å². The Morgan fingerprint density at radius 3 is 2.39 bits per heavy atom. The van der Waals surface area contributed by atoms with E-state index in [9.17, 15) is 10.0 Å². The fourth-order valence-corrected chi connectivity index (χ4v) is 2.82. The number of carbonyl (C=O) groups excluding carboxylic acids is 1. The SMILES string of the molecule is COc1ccc(-n2nc(CCC(=O)N(C)O)cc2-c2ccc(Cl)cc2)cc1.[NaH]. The summed E-state index contributed by atoms with van der Waals surface area (Å²) in [6.07, 6.45) is 0.597. The summed E-state index contributed by atoms with van der Waals surface area (Å²) in [6, 6.07) is 17.0. The molecule has 0 unspecified atom stereocenters. The minimum atomic E-state index is -0.359. The third-order valence-corrected chi connectivity index (χ3v) is 4.42. The Hall–Kier alpha value is -1.83. The number of hydrogen-bond acceptors (Lipinski definition) is 4. The minimum absolute atomic E-state index is 0. The number of aromatic nitrogens is 2. The summed E-state index contributed by atoms with van der Waals surface area (Å²) in [6.45, 7) is 0. The molecule has 28 heavy (non-hydrogen) atoms. The van der Waals surface area contributed by atoms with Gasteiger partial charge in [-0.15, -0.1) is 0 Å². The zero-order valence-corrected chi connectivity index (χ0v) is 15.8. The van der Waals surface area contributed by atoms with Crippen LogP contribution in [-0.4, -0.2) is 69.7 Å². The van der Waals surface area contributed by atoms with Crippen LogP contribution >= 0.6 is 11.6 Å². The van der Waals surface area contributed by atoms with E-state index < -0.39 is 0 Å². The molecule has 0 fully saturated rings. The molecule has 1 aromatic heterocycles. The van der Waals surface area contributed by atoms with E-state index in [1.54, 1.807) is 7.11 Å². The van der Waals surface area contributed by atoms with Crippen LogP contribution in [0.2, 0.25) is 5.02 Å². The van der Waals surface area contributed by atoms with E-state index in [1.807, 2.05) is 59.3 Å². The first-order valence-corrected chi connectivity index (χ1v) is 8.80. The molecule has 0 atom stereocenters. The molecule has 3 aromatic rings. The molecule has 2 aromatic carbocycles. The van der Waals surface area contributed by atoms with E-state index >= 15 is 0 Å². The Kier molecular flexibility index (Phi) is 8.10. The molecule has 142 valence electrons. The third-order valence-electron chi connectivity index (χ3n) is 4.17. The molecule has 0 bridgehead atoms. The summed E-state index contributed by atoms with van der Waals surface area (Å²) in [4.78, 5) is 11.7. The van der Waals surface area contributed by atoms with Crippen molar-refractivity contribution in [2.45, 2.75) is 12.8 Å². The van der Waals surface area contributed by atoms with E-state index in [0.717, 1.165) is 28.4 Å². The molecule has 1 heterocycles. The molecule has 0 saturated heterocycles. The molecular weight excluding hydrogens is 389 g/mol. The van der Waals surface area contributed by atoms with Gasteiger partial charge in [0.2, 0.25) is 5.91 Å². The molecule has 0 aliphatic carbocycles. The Labute approximate surface area is 190 Å². The van der Waals surface area contributed by atoms with E-state index in [-0.39, 0.29) is 41.9 Å². The molecule has 0 saturated carbocycles. The second-order valence-electron chi connectivity index (χ2n) is 6.05. The van der Waals surface area contributed by atoms with Gasteiger partial charge in [-0.2, -0.15) is 5.10 Å². The van der Waals surface area contributed by atoms with E-state index in [1.165, 1.54) is 7.05 Å². The zero-order valence-electron chi connectivity index (χ0n) is 15.1. The maximum atomic E-state index is 11.7. The van der Waals surface area contributed by atoms with Crippen molar-refractivity contribution in [3.63, 3.8) is 0 Å². The number of amides is 1. The summed E-state index contributed by atoms with van der Waals surface area (Å²) in [5.74, 6) is 0.401. The second kappa shape index (κ2) is 10.1. The number of hydroxylamine groups is 2. The fraction of sp³-hybridized carbons (Fsp3) is 0.200. The van der Waals surface area contributed by atoms with Gasteiger partial charge in [-0.1, -0.05) is 23.7 Å². The quantitative estimate of drug-likeness (QED) is 0.385. The van der Waals surface area contributed by atoms with Gasteiger partial charge in [0.1, 0.15) is 5.75 Å². The number of ether oxygens (including phenoxy) is 1. The van der Waals surface area contributed by atoms with E-state index in [4.69, 9.17) is 16.3 Å². The molecule has 6 nitrogen and oxygen atoms in total. The molecule has 0 radical (unpaired) electrons. The van der Waals surface area contributed by atoms with Crippen LogP contribution < -0.4 is 4.74 Å². The topological polar surface area (TPSA) is 67.6 Å². The van der Waals surface area contributed by atoms with Gasteiger partial charge in [0.15, 0.2) is 0 Å². The van der Waals surface area contributed by atoms with Crippen LogP contribution in [0.1, 0.15) is 12.1 Å². The van der Waals surface area contributed by atoms with Gasteiger partial charge in [-0.05, 0) is 42.5 Å². The molecule has 0 spiro atoms. The summed E-state index contributed by atoms with van der Waals surface area (Å²) < 4.78 is 7.04. The van der Waals surface area contributed by atoms with Crippen LogP contribution in [-0.2, 0) is 11.2 Å². The number of benzene rings is 2. The fourth-order valence-electron chi connectivity index (χ4n) is 2.70.